The molecule has 1 aromatic rings. The maximum absolute atomic E-state index is 13.0. The van der Waals surface area contributed by atoms with Crippen LogP contribution in [-0.4, -0.2) is 46.2 Å². The second-order valence-corrected chi connectivity index (χ2v) is 8.21. The molecule has 1 atom stereocenters. The maximum Gasteiger partial charge on any atom is 0.226 e. The zero-order valence-electron chi connectivity index (χ0n) is 14.0. The van der Waals surface area contributed by atoms with Gasteiger partial charge in [-0.3, -0.25) is 9.59 Å². The highest BCUT2D eigenvalue weighted by Crippen LogP contribution is 2.36. The summed E-state index contributed by atoms with van der Waals surface area (Å²) in [4.78, 5) is 33.8. The lowest BCUT2D eigenvalue weighted by atomic mass is 9.83. The number of likely N-dealkylation sites (tertiary alicyclic amines) is 2. The molecule has 6 heteroatoms. The summed E-state index contributed by atoms with van der Waals surface area (Å²) in [5, 5.41) is 3.05. The smallest absolute Gasteiger partial charge is 0.226 e. The molecule has 2 saturated heterocycles. The molecule has 1 aliphatic carbocycles. The Labute approximate surface area is 147 Å². The number of thiazole rings is 1. The van der Waals surface area contributed by atoms with E-state index in [4.69, 9.17) is 0 Å². The summed E-state index contributed by atoms with van der Waals surface area (Å²) < 4.78 is 0. The first kappa shape index (κ1) is 16.1. The first-order valence-corrected chi connectivity index (χ1v) is 10.1. The maximum atomic E-state index is 13.0. The lowest BCUT2D eigenvalue weighted by Gasteiger charge is -2.37. The van der Waals surface area contributed by atoms with Gasteiger partial charge in [0.25, 0.3) is 0 Å². The second kappa shape index (κ2) is 6.82. The van der Waals surface area contributed by atoms with Crippen LogP contribution in [0.25, 0.3) is 0 Å². The first-order chi connectivity index (χ1) is 11.7. The molecule has 0 radical (unpaired) electrons. The molecule has 2 amide bonds. The van der Waals surface area contributed by atoms with Crippen LogP contribution in [0, 0.1) is 11.8 Å². The largest absolute Gasteiger partial charge is 0.342 e. The van der Waals surface area contributed by atoms with Crippen LogP contribution in [0.5, 0.6) is 0 Å². The molecule has 1 aromatic heterocycles. The van der Waals surface area contributed by atoms with Crippen LogP contribution in [0.3, 0.4) is 0 Å². The zero-order chi connectivity index (χ0) is 16.5. The molecule has 24 heavy (non-hydrogen) atoms. The van der Waals surface area contributed by atoms with E-state index in [2.05, 4.69) is 4.98 Å². The van der Waals surface area contributed by atoms with Crippen LogP contribution in [0.2, 0.25) is 0 Å². The number of hydrogen-bond acceptors (Lipinski definition) is 4. The highest BCUT2D eigenvalue weighted by atomic mass is 32.1. The predicted octanol–water partition coefficient (Wildman–Crippen LogP) is 2.85. The molecule has 0 aromatic carbocycles. The predicted molar refractivity (Wildman–Crippen MR) is 92.4 cm³/mol. The van der Waals surface area contributed by atoms with Gasteiger partial charge in [-0.15, -0.1) is 11.3 Å². The van der Waals surface area contributed by atoms with E-state index in [1.165, 1.54) is 6.42 Å². The third-order valence-electron chi connectivity index (χ3n) is 5.88. The van der Waals surface area contributed by atoms with Crippen LogP contribution >= 0.6 is 11.3 Å². The Balaban J connectivity index is 1.35. The molecule has 3 fully saturated rings. The van der Waals surface area contributed by atoms with E-state index in [1.807, 2.05) is 21.4 Å². The van der Waals surface area contributed by atoms with Gasteiger partial charge in [-0.1, -0.05) is 6.42 Å². The van der Waals surface area contributed by atoms with Crippen molar-refractivity contribution in [3.05, 3.63) is 16.6 Å². The minimum atomic E-state index is 0.0796. The van der Waals surface area contributed by atoms with Crippen LogP contribution in [0.4, 0.5) is 0 Å². The van der Waals surface area contributed by atoms with Gasteiger partial charge in [-0.05, 0) is 38.5 Å². The van der Waals surface area contributed by atoms with Crippen LogP contribution < -0.4 is 0 Å². The average molecular weight is 347 g/mol. The van der Waals surface area contributed by atoms with Gasteiger partial charge >= 0.3 is 0 Å². The molecule has 0 spiro atoms. The molecule has 0 unspecified atom stereocenters. The molecule has 5 nitrogen and oxygen atoms in total. The first-order valence-electron chi connectivity index (χ1n) is 9.22. The Morgan fingerprint density at radius 1 is 0.958 bits per heavy atom. The normalized spacial score (nSPS) is 25.8. The van der Waals surface area contributed by atoms with Crippen molar-refractivity contribution in [1.82, 2.24) is 14.8 Å². The topological polar surface area (TPSA) is 53.5 Å². The standard InChI is InChI=1S/C18H25N3O2S/c22-17(13-3-1-4-13)20-10-6-14(7-11-20)18(23)21-9-2-5-15(21)16-19-8-12-24-16/h8,12-15H,1-7,9-11H2/t15-/m1/s1. The number of carbonyl (C=O) groups excluding carboxylic acids is 2. The quantitative estimate of drug-likeness (QED) is 0.845. The van der Waals surface area contributed by atoms with Crippen LogP contribution in [0.1, 0.15) is 56.0 Å². The fraction of sp³-hybridized carbons (Fsp3) is 0.722. The molecule has 3 heterocycles. The summed E-state index contributed by atoms with van der Waals surface area (Å²) in [6.07, 6.45) is 8.86. The SMILES string of the molecule is O=C(C1CCC1)N1CCC(C(=O)N2CCC[C@@H]2c2nccs2)CC1. The Morgan fingerprint density at radius 3 is 2.33 bits per heavy atom. The van der Waals surface area contributed by atoms with E-state index < -0.39 is 0 Å². The van der Waals surface area contributed by atoms with Crippen molar-refractivity contribution in [2.24, 2.45) is 11.8 Å². The Kier molecular flexibility index (Phi) is 4.57. The number of rotatable bonds is 3. The van der Waals surface area contributed by atoms with E-state index in [0.29, 0.717) is 5.91 Å². The van der Waals surface area contributed by atoms with Crippen LogP contribution in [-0.2, 0) is 9.59 Å². The molecule has 1 saturated carbocycles. The molecule has 3 aliphatic rings. The van der Waals surface area contributed by atoms with Gasteiger partial charge < -0.3 is 9.80 Å². The minimum absolute atomic E-state index is 0.0796. The van der Waals surface area contributed by atoms with E-state index >= 15 is 0 Å². The number of aromatic nitrogens is 1. The van der Waals surface area contributed by atoms with E-state index in [1.54, 1.807) is 11.3 Å². The summed E-state index contributed by atoms with van der Waals surface area (Å²) in [6, 6.07) is 0.173. The number of amides is 2. The lowest BCUT2D eigenvalue weighted by molar-refractivity contribution is -0.144. The molecule has 0 bridgehead atoms. The lowest BCUT2D eigenvalue weighted by Crippen LogP contribution is -2.46. The van der Waals surface area contributed by atoms with Crippen molar-refractivity contribution in [1.29, 1.82) is 0 Å². The van der Waals surface area contributed by atoms with Crippen molar-refractivity contribution in [3.8, 4) is 0 Å². The molecule has 0 N–H and O–H groups in total. The van der Waals surface area contributed by atoms with Gasteiger partial charge in [-0.25, -0.2) is 4.98 Å². The summed E-state index contributed by atoms with van der Waals surface area (Å²) in [5.74, 6) is 0.957. The van der Waals surface area contributed by atoms with E-state index in [0.717, 1.165) is 63.2 Å². The minimum Gasteiger partial charge on any atom is -0.342 e. The Morgan fingerprint density at radius 2 is 1.71 bits per heavy atom. The fourth-order valence-electron chi connectivity index (χ4n) is 4.18. The third kappa shape index (κ3) is 2.96. The Bertz CT molecular complexity index is 591. The zero-order valence-corrected chi connectivity index (χ0v) is 14.8. The number of hydrogen-bond donors (Lipinski definition) is 0. The molecule has 2 aliphatic heterocycles. The van der Waals surface area contributed by atoms with Gasteiger partial charge in [0.15, 0.2) is 0 Å². The van der Waals surface area contributed by atoms with E-state index in [-0.39, 0.29) is 23.8 Å². The molecule has 130 valence electrons. The van der Waals surface area contributed by atoms with Crippen molar-refractivity contribution in [2.45, 2.75) is 51.0 Å². The van der Waals surface area contributed by atoms with Gasteiger partial charge in [0.2, 0.25) is 11.8 Å². The average Bonchev–Trinajstić information content (AvgIpc) is 3.23. The molecular formula is C18H25N3O2S. The Hall–Kier alpha value is -1.43. The van der Waals surface area contributed by atoms with Crippen molar-refractivity contribution in [3.63, 3.8) is 0 Å². The van der Waals surface area contributed by atoms with Gasteiger partial charge in [0, 0.05) is 43.0 Å². The second-order valence-electron chi connectivity index (χ2n) is 7.29. The number of carbonyl (C=O) groups is 2. The van der Waals surface area contributed by atoms with Crippen molar-refractivity contribution in [2.75, 3.05) is 19.6 Å². The van der Waals surface area contributed by atoms with Gasteiger partial charge in [-0.2, -0.15) is 0 Å². The van der Waals surface area contributed by atoms with E-state index in [9.17, 15) is 9.59 Å². The van der Waals surface area contributed by atoms with Crippen molar-refractivity contribution >= 4 is 23.2 Å². The highest BCUT2D eigenvalue weighted by Gasteiger charge is 2.38. The van der Waals surface area contributed by atoms with Crippen molar-refractivity contribution < 1.29 is 9.59 Å². The van der Waals surface area contributed by atoms with Gasteiger partial charge in [0.05, 0.1) is 6.04 Å². The number of piperidine rings is 1. The highest BCUT2D eigenvalue weighted by molar-refractivity contribution is 7.09. The fourth-order valence-corrected chi connectivity index (χ4v) is 4.97. The molecule has 4 rings (SSSR count). The van der Waals surface area contributed by atoms with Gasteiger partial charge in [0.1, 0.15) is 5.01 Å². The monoisotopic (exact) mass is 347 g/mol. The number of nitrogens with zero attached hydrogens (tertiary/aromatic N) is 3. The summed E-state index contributed by atoms with van der Waals surface area (Å²) in [5.41, 5.74) is 0. The third-order valence-corrected chi connectivity index (χ3v) is 6.76. The molecular weight excluding hydrogens is 322 g/mol. The summed E-state index contributed by atoms with van der Waals surface area (Å²) in [6.45, 7) is 2.35. The summed E-state index contributed by atoms with van der Waals surface area (Å²) in [7, 11) is 0. The van der Waals surface area contributed by atoms with Crippen LogP contribution in [0.15, 0.2) is 11.6 Å². The summed E-state index contributed by atoms with van der Waals surface area (Å²) >= 11 is 1.65.